The molecule has 2 aliphatic rings. The number of carbonyl (C=O) groups is 1. The molecular weight excluding hydrogens is 232 g/mol. The minimum atomic E-state index is -0.758. The molecule has 3 atom stereocenters. The van der Waals surface area contributed by atoms with E-state index in [0.29, 0.717) is 0 Å². The van der Waals surface area contributed by atoms with Crippen LogP contribution in [0.3, 0.4) is 0 Å². The molecule has 86 valence electrons. The number of thioether (sulfide) groups is 1. The molecule has 1 heterocycles. The first-order valence-corrected chi connectivity index (χ1v) is 7.59. The summed E-state index contributed by atoms with van der Waals surface area (Å²) >= 11 is 1.80. The Morgan fingerprint density at radius 1 is 1.60 bits per heavy atom. The highest BCUT2D eigenvalue weighted by Crippen LogP contribution is 2.49. The summed E-state index contributed by atoms with van der Waals surface area (Å²) in [5.74, 6) is 1.74. The van der Waals surface area contributed by atoms with Gasteiger partial charge in [0.1, 0.15) is 0 Å². The van der Waals surface area contributed by atoms with Crippen molar-refractivity contribution in [1.29, 1.82) is 0 Å². The predicted molar refractivity (Wildman–Crippen MR) is 62.2 cm³/mol. The Labute approximate surface area is 96.8 Å². The second kappa shape index (κ2) is 4.45. The largest absolute Gasteiger partial charge is 0.469 e. The molecule has 0 bridgehead atoms. The standard InChI is InChI=1S/C10H16O3S2/c1-13-9(11)8-3-4-10(7-8)14-5-2-6-15(10)12/h8H,2-7H2,1H3/t8-,10-,15-/m1/s1. The summed E-state index contributed by atoms with van der Waals surface area (Å²) < 4.78 is 16.6. The van der Waals surface area contributed by atoms with Crippen molar-refractivity contribution in [3.63, 3.8) is 0 Å². The Kier molecular flexibility index (Phi) is 3.40. The Bertz CT molecular complexity index is 292. The van der Waals surface area contributed by atoms with Gasteiger partial charge in [0, 0.05) is 16.6 Å². The Morgan fingerprint density at radius 2 is 2.40 bits per heavy atom. The van der Waals surface area contributed by atoms with Crippen LogP contribution in [-0.4, -0.2) is 32.9 Å². The van der Waals surface area contributed by atoms with E-state index < -0.39 is 10.8 Å². The zero-order valence-corrected chi connectivity index (χ0v) is 10.5. The van der Waals surface area contributed by atoms with Crippen LogP contribution in [-0.2, 0) is 20.3 Å². The highest BCUT2D eigenvalue weighted by Gasteiger charge is 2.48. The molecule has 15 heavy (non-hydrogen) atoms. The predicted octanol–water partition coefficient (Wildman–Crippen LogP) is 1.54. The van der Waals surface area contributed by atoms with Gasteiger partial charge in [0.05, 0.1) is 17.1 Å². The fourth-order valence-corrected chi connectivity index (χ4v) is 6.34. The SMILES string of the molecule is COC(=O)[C@@H]1CC[C@@]2(C1)SCCC[S@]2=O. The first-order valence-electron chi connectivity index (χ1n) is 5.28. The molecule has 0 amide bonds. The summed E-state index contributed by atoms with van der Waals surface area (Å²) in [6, 6.07) is 0. The van der Waals surface area contributed by atoms with Gasteiger partial charge in [-0.25, -0.2) is 0 Å². The van der Waals surface area contributed by atoms with E-state index in [9.17, 15) is 9.00 Å². The number of methoxy groups -OCH3 is 1. The molecule has 2 fully saturated rings. The van der Waals surface area contributed by atoms with Gasteiger partial charge in [-0.1, -0.05) is 0 Å². The molecule has 0 N–H and O–H groups in total. The fraction of sp³-hybridized carbons (Fsp3) is 0.900. The molecule has 1 spiro atoms. The number of rotatable bonds is 1. The molecule has 0 unspecified atom stereocenters. The van der Waals surface area contributed by atoms with Crippen molar-refractivity contribution in [3.8, 4) is 0 Å². The molecule has 0 aromatic heterocycles. The smallest absolute Gasteiger partial charge is 0.308 e. The molecule has 1 saturated heterocycles. The number of hydrogen-bond acceptors (Lipinski definition) is 4. The Hall–Kier alpha value is -0.0300. The van der Waals surface area contributed by atoms with E-state index in [2.05, 4.69) is 0 Å². The molecule has 1 aliphatic heterocycles. The molecule has 0 aromatic carbocycles. The fourth-order valence-electron chi connectivity index (χ4n) is 2.38. The van der Waals surface area contributed by atoms with Gasteiger partial charge in [0.25, 0.3) is 0 Å². The molecule has 1 aliphatic carbocycles. The van der Waals surface area contributed by atoms with Crippen LogP contribution in [0.15, 0.2) is 0 Å². The summed E-state index contributed by atoms with van der Waals surface area (Å²) in [6.07, 6.45) is 3.54. The van der Waals surface area contributed by atoms with Crippen LogP contribution in [0.25, 0.3) is 0 Å². The molecule has 0 radical (unpaired) electrons. The van der Waals surface area contributed by atoms with Gasteiger partial charge in [0.15, 0.2) is 0 Å². The Morgan fingerprint density at radius 3 is 3.07 bits per heavy atom. The van der Waals surface area contributed by atoms with Gasteiger partial charge < -0.3 is 4.74 Å². The monoisotopic (exact) mass is 248 g/mol. The van der Waals surface area contributed by atoms with Gasteiger partial charge >= 0.3 is 5.97 Å². The van der Waals surface area contributed by atoms with Crippen molar-refractivity contribution in [2.24, 2.45) is 5.92 Å². The van der Waals surface area contributed by atoms with Crippen molar-refractivity contribution in [3.05, 3.63) is 0 Å². The van der Waals surface area contributed by atoms with Gasteiger partial charge in [-0.05, 0) is 31.4 Å². The number of hydrogen-bond donors (Lipinski definition) is 0. The van der Waals surface area contributed by atoms with Crippen molar-refractivity contribution in [1.82, 2.24) is 0 Å². The maximum Gasteiger partial charge on any atom is 0.308 e. The topological polar surface area (TPSA) is 43.4 Å². The molecule has 1 saturated carbocycles. The second-order valence-electron chi connectivity index (χ2n) is 4.13. The van der Waals surface area contributed by atoms with Gasteiger partial charge in [-0.15, -0.1) is 11.8 Å². The van der Waals surface area contributed by atoms with Crippen LogP contribution in [0.4, 0.5) is 0 Å². The van der Waals surface area contributed by atoms with Crippen LogP contribution in [0.5, 0.6) is 0 Å². The van der Waals surface area contributed by atoms with E-state index >= 15 is 0 Å². The highest BCUT2D eigenvalue weighted by molar-refractivity contribution is 8.13. The summed E-state index contributed by atoms with van der Waals surface area (Å²) in [4.78, 5) is 11.4. The van der Waals surface area contributed by atoms with Crippen LogP contribution in [0, 0.1) is 5.92 Å². The van der Waals surface area contributed by atoms with Crippen molar-refractivity contribution >= 4 is 28.5 Å². The van der Waals surface area contributed by atoms with Crippen LogP contribution in [0.1, 0.15) is 25.7 Å². The minimum absolute atomic E-state index is 0.0236. The number of esters is 1. The second-order valence-corrected chi connectivity index (χ2v) is 7.74. The average Bonchev–Trinajstić information content (AvgIpc) is 2.67. The molecule has 2 rings (SSSR count). The summed E-state index contributed by atoms with van der Waals surface area (Å²) in [5.41, 5.74) is 0. The van der Waals surface area contributed by atoms with E-state index in [4.69, 9.17) is 4.74 Å². The van der Waals surface area contributed by atoms with E-state index in [1.54, 1.807) is 11.8 Å². The lowest BCUT2D eigenvalue weighted by molar-refractivity contribution is -0.145. The minimum Gasteiger partial charge on any atom is -0.469 e. The summed E-state index contributed by atoms with van der Waals surface area (Å²) in [7, 11) is 0.671. The zero-order valence-electron chi connectivity index (χ0n) is 8.86. The maximum atomic E-state index is 12.0. The third-order valence-corrected chi connectivity index (χ3v) is 7.38. The zero-order chi connectivity index (χ0) is 10.9. The van der Waals surface area contributed by atoms with Gasteiger partial charge in [0.2, 0.25) is 0 Å². The molecule has 0 aromatic rings. The lowest BCUT2D eigenvalue weighted by Gasteiger charge is -2.31. The summed E-state index contributed by atoms with van der Waals surface area (Å²) in [6.45, 7) is 0. The third-order valence-electron chi connectivity index (χ3n) is 3.22. The molecular formula is C10H16O3S2. The van der Waals surface area contributed by atoms with E-state index in [0.717, 1.165) is 37.2 Å². The van der Waals surface area contributed by atoms with Crippen molar-refractivity contribution in [2.75, 3.05) is 18.6 Å². The van der Waals surface area contributed by atoms with E-state index in [1.807, 2.05) is 0 Å². The average molecular weight is 248 g/mol. The number of ether oxygens (including phenoxy) is 1. The Balaban J connectivity index is 2.06. The van der Waals surface area contributed by atoms with Gasteiger partial charge in [-0.2, -0.15) is 0 Å². The van der Waals surface area contributed by atoms with Crippen molar-refractivity contribution in [2.45, 2.75) is 29.8 Å². The number of carbonyl (C=O) groups excluding carboxylic acids is 1. The van der Waals surface area contributed by atoms with E-state index in [-0.39, 0.29) is 16.0 Å². The van der Waals surface area contributed by atoms with Crippen LogP contribution >= 0.6 is 11.8 Å². The summed E-state index contributed by atoms with van der Waals surface area (Å²) in [5, 5.41) is 0. The third kappa shape index (κ3) is 2.09. The molecule has 3 nitrogen and oxygen atoms in total. The van der Waals surface area contributed by atoms with Crippen molar-refractivity contribution < 1.29 is 13.7 Å². The first-order chi connectivity index (χ1) is 7.18. The molecule has 5 heteroatoms. The highest BCUT2D eigenvalue weighted by atomic mass is 32.2. The van der Waals surface area contributed by atoms with Crippen LogP contribution < -0.4 is 0 Å². The normalized spacial score (nSPS) is 40.6. The quantitative estimate of drug-likeness (QED) is 0.660. The lowest BCUT2D eigenvalue weighted by atomic mass is 10.1. The van der Waals surface area contributed by atoms with Gasteiger partial charge in [-0.3, -0.25) is 9.00 Å². The maximum absolute atomic E-state index is 12.0. The van der Waals surface area contributed by atoms with E-state index in [1.165, 1.54) is 7.11 Å². The first kappa shape index (κ1) is 11.5. The lowest BCUT2D eigenvalue weighted by Crippen LogP contribution is -2.34. The van der Waals surface area contributed by atoms with Crippen LogP contribution in [0.2, 0.25) is 0 Å².